The summed E-state index contributed by atoms with van der Waals surface area (Å²) in [5.41, 5.74) is 14.7. The van der Waals surface area contributed by atoms with Gasteiger partial charge in [0, 0.05) is 16.8 Å². The van der Waals surface area contributed by atoms with Gasteiger partial charge in [0.15, 0.2) is 0 Å². The molecular formula is C31H25N3. The predicted octanol–water partition coefficient (Wildman–Crippen LogP) is 7.78. The zero-order valence-corrected chi connectivity index (χ0v) is 18.8. The molecule has 0 aromatic heterocycles. The second kappa shape index (κ2) is 9.88. The molecule has 34 heavy (non-hydrogen) atoms. The van der Waals surface area contributed by atoms with E-state index in [1.165, 1.54) is 0 Å². The number of hydrogen-bond donors (Lipinski definition) is 1. The van der Waals surface area contributed by atoms with Gasteiger partial charge in [0.25, 0.3) is 0 Å². The van der Waals surface area contributed by atoms with E-state index in [1.54, 1.807) is 0 Å². The minimum absolute atomic E-state index is 0.706. The summed E-state index contributed by atoms with van der Waals surface area (Å²) in [6.07, 6.45) is 1.84. The van der Waals surface area contributed by atoms with Gasteiger partial charge >= 0.3 is 0 Å². The number of hydrazone groups is 1. The Labute approximate surface area is 200 Å². The van der Waals surface area contributed by atoms with Crippen LogP contribution in [0.3, 0.4) is 0 Å². The second-order valence-corrected chi connectivity index (χ2v) is 7.95. The number of para-hydroxylation sites is 2. The summed E-state index contributed by atoms with van der Waals surface area (Å²) in [6, 6.07) is 45.0. The maximum atomic E-state index is 6.81. The van der Waals surface area contributed by atoms with E-state index in [2.05, 4.69) is 30.3 Å². The first kappa shape index (κ1) is 21.2. The van der Waals surface area contributed by atoms with Gasteiger partial charge in [0.2, 0.25) is 0 Å². The molecule has 0 amide bonds. The van der Waals surface area contributed by atoms with E-state index in [0.29, 0.717) is 5.69 Å². The first-order valence-corrected chi connectivity index (χ1v) is 11.3. The predicted molar refractivity (Wildman–Crippen MR) is 144 cm³/mol. The van der Waals surface area contributed by atoms with E-state index in [9.17, 15) is 0 Å². The van der Waals surface area contributed by atoms with Crippen molar-refractivity contribution in [2.75, 3.05) is 10.7 Å². The molecule has 0 spiro atoms. The van der Waals surface area contributed by atoms with Gasteiger partial charge in [-0.1, -0.05) is 109 Å². The standard InChI is InChI=1S/C31H25N3/c32-31-26(23-33-34(27-17-9-3-10-18-27)28-19-11-4-12-20-28)21-22-29(24-13-5-1-6-14-24)30(31)25-15-7-2-8-16-25/h1-23H,32H2. The van der Waals surface area contributed by atoms with Crippen molar-refractivity contribution in [1.29, 1.82) is 0 Å². The number of anilines is 3. The molecule has 0 saturated carbocycles. The van der Waals surface area contributed by atoms with E-state index in [4.69, 9.17) is 10.8 Å². The highest BCUT2D eigenvalue weighted by Gasteiger charge is 2.14. The summed E-state index contributed by atoms with van der Waals surface area (Å²) >= 11 is 0. The summed E-state index contributed by atoms with van der Waals surface area (Å²) in [6.45, 7) is 0. The van der Waals surface area contributed by atoms with Crippen LogP contribution in [0, 0.1) is 0 Å². The van der Waals surface area contributed by atoms with Crippen molar-refractivity contribution in [2.45, 2.75) is 0 Å². The lowest BCUT2D eigenvalue weighted by Crippen LogP contribution is -2.10. The normalized spacial score (nSPS) is 10.9. The largest absolute Gasteiger partial charge is 0.398 e. The van der Waals surface area contributed by atoms with E-state index in [1.807, 2.05) is 114 Å². The molecule has 3 heteroatoms. The Morgan fingerprint density at radius 1 is 0.529 bits per heavy atom. The van der Waals surface area contributed by atoms with E-state index >= 15 is 0 Å². The van der Waals surface area contributed by atoms with Gasteiger partial charge in [-0.2, -0.15) is 5.10 Å². The first-order valence-electron chi connectivity index (χ1n) is 11.3. The molecule has 5 aromatic carbocycles. The van der Waals surface area contributed by atoms with Crippen LogP contribution in [-0.2, 0) is 0 Å². The number of nitrogens with zero attached hydrogens (tertiary/aromatic N) is 2. The van der Waals surface area contributed by atoms with Crippen LogP contribution in [0.4, 0.5) is 17.1 Å². The number of nitrogens with two attached hydrogens (primary N) is 1. The van der Waals surface area contributed by atoms with E-state index in [0.717, 1.165) is 39.2 Å². The van der Waals surface area contributed by atoms with Crippen LogP contribution in [0.1, 0.15) is 5.56 Å². The lowest BCUT2D eigenvalue weighted by Gasteiger charge is -2.20. The van der Waals surface area contributed by atoms with Crippen molar-refractivity contribution in [3.05, 3.63) is 139 Å². The third-order valence-electron chi connectivity index (χ3n) is 5.74. The topological polar surface area (TPSA) is 41.6 Å². The average molecular weight is 440 g/mol. The van der Waals surface area contributed by atoms with Crippen LogP contribution in [-0.4, -0.2) is 6.21 Å². The molecule has 0 heterocycles. The van der Waals surface area contributed by atoms with Gasteiger partial charge in [0.1, 0.15) is 0 Å². The van der Waals surface area contributed by atoms with Crippen molar-refractivity contribution in [1.82, 2.24) is 0 Å². The zero-order valence-electron chi connectivity index (χ0n) is 18.8. The Bertz CT molecular complexity index is 1340. The van der Waals surface area contributed by atoms with Crippen molar-refractivity contribution >= 4 is 23.3 Å². The lowest BCUT2D eigenvalue weighted by molar-refractivity contribution is 1.09. The lowest BCUT2D eigenvalue weighted by atomic mass is 9.91. The summed E-state index contributed by atoms with van der Waals surface area (Å²) in [4.78, 5) is 0. The molecule has 5 aromatic rings. The molecule has 0 bridgehead atoms. The molecule has 0 unspecified atom stereocenters. The molecule has 0 aliphatic carbocycles. The van der Waals surface area contributed by atoms with Crippen molar-refractivity contribution < 1.29 is 0 Å². The Morgan fingerprint density at radius 2 is 1.00 bits per heavy atom. The second-order valence-electron chi connectivity index (χ2n) is 7.95. The quantitative estimate of drug-likeness (QED) is 0.167. The highest BCUT2D eigenvalue weighted by Crippen LogP contribution is 2.38. The fourth-order valence-electron chi connectivity index (χ4n) is 4.06. The monoisotopic (exact) mass is 439 g/mol. The highest BCUT2D eigenvalue weighted by atomic mass is 15.5. The molecule has 2 N–H and O–H groups in total. The summed E-state index contributed by atoms with van der Waals surface area (Å²) in [7, 11) is 0. The van der Waals surface area contributed by atoms with E-state index < -0.39 is 0 Å². The Balaban J connectivity index is 1.61. The number of rotatable bonds is 6. The van der Waals surface area contributed by atoms with Crippen LogP contribution in [0.15, 0.2) is 139 Å². The molecule has 0 radical (unpaired) electrons. The smallest absolute Gasteiger partial charge is 0.0652 e. The Morgan fingerprint density at radius 3 is 1.53 bits per heavy atom. The van der Waals surface area contributed by atoms with Crippen molar-refractivity contribution in [3.8, 4) is 22.3 Å². The van der Waals surface area contributed by atoms with E-state index in [-0.39, 0.29) is 0 Å². The minimum Gasteiger partial charge on any atom is -0.398 e. The number of benzene rings is 5. The maximum absolute atomic E-state index is 6.81. The SMILES string of the molecule is Nc1c(C=NN(c2ccccc2)c2ccccc2)ccc(-c2ccccc2)c1-c1ccccc1. The van der Waals surface area contributed by atoms with Gasteiger partial charge in [-0.3, -0.25) is 0 Å². The molecule has 0 aliphatic heterocycles. The molecule has 164 valence electrons. The van der Waals surface area contributed by atoms with Gasteiger partial charge in [0.05, 0.1) is 17.6 Å². The highest BCUT2D eigenvalue weighted by molar-refractivity contribution is 6.00. The number of nitrogen functional groups attached to an aromatic ring is 1. The van der Waals surface area contributed by atoms with Crippen molar-refractivity contribution in [2.24, 2.45) is 5.10 Å². The van der Waals surface area contributed by atoms with Gasteiger partial charge in [-0.15, -0.1) is 0 Å². The summed E-state index contributed by atoms with van der Waals surface area (Å²) < 4.78 is 0. The van der Waals surface area contributed by atoms with Crippen LogP contribution in [0.2, 0.25) is 0 Å². The Kier molecular flexibility index (Phi) is 6.17. The fourth-order valence-corrected chi connectivity index (χ4v) is 4.06. The first-order chi connectivity index (χ1) is 16.8. The Hall–Kier alpha value is -4.63. The molecule has 0 fully saturated rings. The van der Waals surface area contributed by atoms with Gasteiger partial charge in [-0.25, -0.2) is 5.01 Å². The van der Waals surface area contributed by atoms with Crippen LogP contribution >= 0.6 is 0 Å². The fraction of sp³-hybridized carbons (Fsp3) is 0. The average Bonchev–Trinajstić information content (AvgIpc) is 2.91. The van der Waals surface area contributed by atoms with Gasteiger partial charge in [-0.05, 0) is 41.0 Å². The minimum atomic E-state index is 0.706. The molecule has 5 rings (SSSR count). The van der Waals surface area contributed by atoms with Crippen LogP contribution < -0.4 is 10.7 Å². The summed E-state index contributed by atoms with van der Waals surface area (Å²) in [5.74, 6) is 0. The maximum Gasteiger partial charge on any atom is 0.0652 e. The van der Waals surface area contributed by atoms with Crippen molar-refractivity contribution in [3.63, 3.8) is 0 Å². The molecule has 0 saturated heterocycles. The van der Waals surface area contributed by atoms with Crippen LogP contribution in [0.5, 0.6) is 0 Å². The zero-order chi connectivity index (χ0) is 23.2. The van der Waals surface area contributed by atoms with Gasteiger partial charge < -0.3 is 5.73 Å². The molecular weight excluding hydrogens is 414 g/mol. The van der Waals surface area contributed by atoms with Crippen LogP contribution in [0.25, 0.3) is 22.3 Å². The molecule has 0 aliphatic rings. The number of hydrogen-bond acceptors (Lipinski definition) is 3. The summed E-state index contributed by atoms with van der Waals surface area (Å²) in [5, 5.41) is 6.78. The molecule has 0 atom stereocenters. The third-order valence-corrected chi connectivity index (χ3v) is 5.74. The molecule has 3 nitrogen and oxygen atoms in total. The third kappa shape index (κ3) is 4.45.